The summed E-state index contributed by atoms with van der Waals surface area (Å²) in [5.41, 5.74) is 3.49. The molecule has 0 bridgehead atoms. The van der Waals surface area contributed by atoms with Crippen LogP contribution in [0.3, 0.4) is 0 Å². The number of benzene rings is 2. The van der Waals surface area contributed by atoms with E-state index in [9.17, 15) is 13.2 Å². The van der Waals surface area contributed by atoms with Crippen LogP contribution in [0.15, 0.2) is 35.2 Å². The number of ether oxygens (including phenoxy) is 3. The van der Waals surface area contributed by atoms with E-state index in [4.69, 9.17) is 25.8 Å². The van der Waals surface area contributed by atoms with Crippen molar-refractivity contribution in [3.05, 3.63) is 57.6 Å². The molecule has 2 aliphatic heterocycles. The number of carbonyl (C=O) groups excluding carboxylic acids is 1. The molecule has 0 N–H and O–H groups in total. The fraction of sp³-hybridized carbons (Fsp3) is 0.435. The Balaban J connectivity index is 1.36. The lowest BCUT2D eigenvalue weighted by atomic mass is 9.98. The standard InChI is InChI=1S/C23H26ClNO6S/c1-15-3-4-21(9-16(15)2)32(27,28)25-7-5-17(6-8-25)23(26)30-13-19-11-20(24)10-18-12-29-14-31-22(18)19/h3-4,9-11,17H,5-8,12-14H2,1-2H3. The highest BCUT2D eigenvalue weighted by Gasteiger charge is 2.33. The first-order valence-electron chi connectivity index (χ1n) is 10.5. The van der Waals surface area contributed by atoms with Crippen molar-refractivity contribution in [3.8, 4) is 5.75 Å². The summed E-state index contributed by atoms with van der Waals surface area (Å²) in [6.45, 7) is 4.98. The zero-order valence-electron chi connectivity index (χ0n) is 18.1. The summed E-state index contributed by atoms with van der Waals surface area (Å²) in [5, 5.41) is 0.522. The van der Waals surface area contributed by atoms with Gasteiger partial charge in [-0.2, -0.15) is 4.31 Å². The Bertz CT molecular complexity index is 1130. The topological polar surface area (TPSA) is 82.1 Å². The van der Waals surface area contributed by atoms with Crippen LogP contribution in [0.4, 0.5) is 0 Å². The van der Waals surface area contributed by atoms with Gasteiger partial charge in [0, 0.05) is 29.2 Å². The molecule has 2 heterocycles. The number of esters is 1. The summed E-state index contributed by atoms with van der Waals surface area (Å²) in [6.07, 6.45) is 0.835. The molecule has 0 spiro atoms. The van der Waals surface area contributed by atoms with E-state index in [0.717, 1.165) is 16.7 Å². The van der Waals surface area contributed by atoms with E-state index in [-0.39, 0.29) is 43.3 Å². The molecule has 0 aliphatic carbocycles. The van der Waals surface area contributed by atoms with E-state index in [0.29, 0.717) is 35.8 Å². The Labute approximate surface area is 193 Å². The average Bonchev–Trinajstić information content (AvgIpc) is 2.79. The Morgan fingerprint density at radius 1 is 1.16 bits per heavy atom. The second-order valence-corrected chi connectivity index (χ2v) is 10.6. The van der Waals surface area contributed by atoms with Gasteiger partial charge in [-0.3, -0.25) is 4.79 Å². The third kappa shape index (κ3) is 4.78. The monoisotopic (exact) mass is 479 g/mol. The first-order valence-corrected chi connectivity index (χ1v) is 12.3. The predicted octanol–water partition coefficient (Wildman–Crippen LogP) is 3.97. The number of sulfonamides is 1. The summed E-state index contributed by atoms with van der Waals surface area (Å²) in [4.78, 5) is 12.9. The molecule has 0 unspecified atom stereocenters. The second kappa shape index (κ2) is 9.39. The maximum absolute atomic E-state index is 13.0. The van der Waals surface area contributed by atoms with Crippen molar-refractivity contribution in [3.63, 3.8) is 0 Å². The largest absolute Gasteiger partial charge is 0.467 e. The zero-order valence-corrected chi connectivity index (χ0v) is 19.7. The zero-order chi connectivity index (χ0) is 22.9. The molecule has 0 amide bonds. The minimum Gasteiger partial charge on any atom is -0.467 e. The van der Waals surface area contributed by atoms with Crippen molar-refractivity contribution >= 4 is 27.6 Å². The molecule has 4 rings (SSSR count). The molecule has 7 nitrogen and oxygen atoms in total. The molecule has 1 saturated heterocycles. The minimum atomic E-state index is -3.58. The molecular weight excluding hydrogens is 454 g/mol. The summed E-state index contributed by atoms with van der Waals surface area (Å²) in [5.74, 6) is -0.0442. The Morgan fingerprint density at radius 3 is 2.62 bits per heavy atom. The number of carbonyl (C=O) groups is 1. The van der Waals surface area contributed by atoms with E-state index in [1.807, 2.05) is 19.9 Å². The molecule has 1 fully saturated rings. The first-order chi connectivity index (χ1) is 15.3. The van der Waals surface area contributed by atoms with Crippen LogP contribution in [0.5, 0.6) is 5.75 Å². The van der Waals surface area contributed by atoms with Crippen LogP contribution >= 0.6 is 11.6 Å². The van der Waals surface area contributed by atoms with Gasteiger partial charge < -0.3 is 14.2 Å². The highest BCUT2D eigenvalue weighted by molar-refractivity contribution is 7.89. The third-order valence-corrected chi connectivity index (χ3v) is 8.14. The lowest BCUT2D eigenvalue weighted by Gasteiger charge is -2.30. The number of hydrogen-bond donors (Lipinski definition) is 0. The van der Waals surface area contributed by atoms with Gasteiger partial charge in [0.2, 0.25) is 10.0 Å². The van der Waals surface area contributed by atoms with Crippen LogP contribution < -0.4 is 4.74 Å². The Morgan fingerprint density at radius 2 is 1.91 bits per heavy atom. The van der Waals surface area contributed by atoms with Gasteiger partial charge in [0.25, 0.3) is 0 Å². The quantitative estimate of drug-likeness (QED) is 0.603. The van der Waals surface area contributed by atoms with Crippen LogP contribution in [0.25, 0.3) is 0 Å². The number of halogens is 1. The van der Waals surface area contributed by atoms with Crippen molar-refractivity contribution in [2.75, 3.05) is 19.9 Å². The van der Waals surface area contributed by atoms with E-state index >= 15 is 0 Å². The molecule has 0 atom stereocenters. The van der Waals surface area contributed by atoms with Crippen LogP contribution in [0, 0.1) is 19.8 Å². The Hall–Kier alpha value is -2.13. The summed E-state index contributed by atoms with van der Waals surface area (Å²) < 4.78 is 43.8. The van der Waals surface area contributed by atoms with Gasteiger partial charge in [0.15, 0.2) is 6.79 Å². The highest BCUT2D eigenvalue weighted by Crippen LogP contribution is 2.33. The van der Waals surface area contributed by atoms with Crippen molar-refractivity contribution < 1.29 is 27.4 Å². The number of fused-ring (bicyclic) bond motifs is 1. The number of aryl methyl sites for hydroxylation is 2. The van der Waals surface area contributed by atoms with Gasteiger partial charge >= 0.3 is 5.97 Å². The summed E-state index contributed by atoms with van der Waals surface area (Å²) in [7, 11) is -3.58. The summed E-state index contributed by atoms with van der Waals surface area (Å²) in [6, 6.07) is 8.64. The smallest absolute Gasteiger partial charge is 0.309 e. The third-order valence-electron chi connectivity index (χ3n) is 6.03. The normalized spacial score (nSPS) is 17.5. The molecule has 2 aliphatic rings. The van der Waals surface area contributed by atoms with Crippen molar-refractivity contribution in [1.29, 1.82) is 0 Å². The predicted molar refractivity (Wildman–Crippen MR) is 119 cm³/mol. The lowest BCUT2D eigenvalue weighted by molar-refractivity contribution is -0.151. The van der Waals surface area contributed by atoms with Gasteiger partial charge in [-0.15, -0.1) is 0 Å². The van der Waals surface area contributed by atoms with Crippen LogP contribution in [-0.2, 0) is 37.5 Å². The molecule has 0 aromatic heterocycles. The molecular formula is C23H26ClNO6S. The van der Waals surface area contributed by atoms with Crippen LogP contribution in [0.1, 0.15) is 35.1 Å². The number of hydrogen-bond acceptors (Lipinski definition) is 6. The second-order valence-electron chi connectivity index (χ2n) is 8.20. The van der Waals surface area contributed by atoms with Gasteiger partial charge in [0.05, 0.1) is 17.4 Å². The van der Waals surface area contributed by atoms with Gasteiger partial charge in [-0.1, -0.05) is 17.7 Å². The van der Waals surface area contributed by atoms with Crippen molar-refractivity contribution in [2.45, 2.75) is 44.8 Å². The highest BCUT2D eigenvalue weighted by atomic mass is 35.5. The fourth-order valence-electron chi connectivity index (χ4n) is 3.99. The fourth-order valence-corrected chi connectivity index (χ4v) is 5.80. The van der Waals surface area contributed by atoms with Crippen LogP contribution in [-0.4, -0.2) is 38.6 Å². The van der Waals surface area contributed by atoms with E-state index in [1.54, 1.807) is 24.3 Å². The van der Waals surface area contributed by atoms with Gasteiger partial charge in [-0.05, 0) is 62.1 Å². The van der Waals surface area contributed by atoms with Crippen molar-refractivity contribution in [2.24, 2.45) is 5.92 Å². The molecule has 0 saturated carbocycles. The number of piperidine rings is 1. The van der Waals surface area contributed by atoms with Crippen LogP contribution in [0.2, 0.25) is 5.02 Å². The molecule has 2 aromatic rings. The van der Waals surface area contributed by atoms with Crippen molar-refractivity contribution in [1.82, 2.24) is 4.31 Å². The van der Waals surface area contributed by atoms with E-state index < -0.39 is 10.0 Å². The lowest BCUT2D eigenvalue weighted by Crippen LogP contribution is -2.40. The Kier molecular flexibility index (Phi) is 6.76. The van der Waals surface area contributed by atoms with Gasteiger partial charge in [0.1, 0.15) is 12.4 Å². The molecule has 2 aromatic carbocycles. The minimum absolute atomic E-state index is 0.0445. The SMILES string of the molecule is Cc1ccc(S(=O)(=O)N2CCC(C(=O)OCc3cc(Cl)cc4c3OCOC4)CC2)cc1C. The maximum atomic E-state index is 13.0. The average molecular weight is 480 g/mol. The molecule has 9 heteroatoms. The number of nitrogens with zero attached hydrogens (tertiary/aromatic N) is 1. The first kappa shape index (κ1) is 23.0. The molecule has 0 radical (unpaired) electrons. The summed E-state index contributed by atoms with van der Waals surface area (Å²) >= 11 is 6.16. The molecule has 172 valence electrons. The number of rotatable bonds is 5. The van der Waals surface area contributed by atoms with E-state index in [2.05, 4.69) is 0 Å². The van der Waals surface area contributed by atoms with Gasteiger partial charge in [-0.25, -0.2) is 8.42 Å². The maximum Gasteiger partial charge on any atom is 0.309 e. The molecule has 32 heavy (non-hydrogen) atoms. The van der Waals surface area contributed by atoms with E-state index in [1.165, 1.54) is 4.31 Å².